The molecule has 3 rings (SSSR count). The van der Waals surface area contributed by atoms with E-state index in [4.69, 9.17) is 0 Å². The van der Waals surface area contributed by atoms with Crippen molar-refractivity contribution in [1.82, 2.24) is 9.69 Å². The van der Waals surface area contributed by atoms with Gasteiger partial charge in [-0.25, -0.2) is 0 Å². The van der Waals surface area contributed by atoms with E-state index in [1.165, 1.54) is 22.6 Å². The van der Waals surface area contributed by atoms with Crippen LogP contribution in [0.4, 0.5) is 0 Å². The van der Waals surface area contributed by atoms with Gasteiger partial charge in [0.25, 0.3) is 0 Å². The standard InChI is InChI=1S/C11H12N2S2/c1-2-11(14-5-1)10-6-9(15-13-10)7-12-8-3-4-8/h1-2,5-6,8,12H,3-4,7H2. The van der Waals surface area contributed by atoms with Gasteiger partial charge in [-0.2, -0.15) is 4.37 Å². The van der Waals surface area contributed by atoms with Crippen molar-refractivity contribution in [2.24, 2.45) is 0 Å². The Hall–Kier alpha value is -0.710. The average molecular weight is 236 g/mol. The molecule has 0 radical (unpaired) electrons. The van der Waals surface area contributed by atoms with Crippen LogP contribution < -0.4 is 5.32 Å². The average Bonchev–Trinajstić information content (AvgIpc) is 2.78. The Morgan fingerprint density at radius 1 is 1.47 bits per heavy atom. The Kier molecular flexibility index (Phi) is 2.56. The fourth-order valence-corrected chi connectivity index (χ4v) is 2.89. The first-order valence-electron chi connectivity index (χ1n) is 5.15. The Morgan fingerprint density at radius 2 is 2.40 bits per heavy atom. The highest BCUT2D eigenvalue weighted by molar-refractivity contribution is 7.13. The van der Waals surface area contributed by atoms with Gasteiger partial charge in [0.05, 0.1) is 10.6 Å². The highest BCUT2D eigenvalue weighted by Gasteiger charge is 2.20. The molecule has 2 aromatic heterocycles. The Bertz CT molecular complexity index is 429. The molecule has 78 valence electrons. The van der Waals surface area contributed by atoms with E-state index < -0.39 is 0 Å². The first-order chi connectivity index (χ1) is 7.42. The molecule has 15 heavy (non-hydrogen) atoms. The van der Waals surface area contributed by atoms with Crippen LogP contribution in [0.15, 0.2) is 23.6 Å². The molecule has 0 amide bonds. The van der Waals surface area contributed by atoms with Gasteiger partial charge in [0, 0.05) is 17.5 Å². The van der Waals surface area contributed by atoms with Gasteiger partial charge in [-0.05, 0) is 41.9 Å². The van der Waals surface area contributed by atoms with Crippen LogP contribution >= 0.6 is 22.9 Å². The molecule has 1 saturated carbocycles. The summed E-state index contributed by atoms with van der Waals surface area (Å²) < 4.78 is 4.47. The predicted molar refractivity (Wildman–Crippen MR) is 65.3 cm³/mol. The summed E-state index contributed by atoms with van der Waals surface area (Å²) >= 11 is 3.36. The minimum atomic E-state index is 0.775. The first-order valence-corrected chi connectivity index (χ1v) is 6.80. The normalized spacial score (nSPS) is 15.7. The van der Waals surface area contributed by atoms with Crippen LogP contribution in [-0.2, 0) is 6.54 Å². The molecule has 1 N–H and O–H groups in total. The quantitative estimate of drug-likeness (QED) is 0.882. The van der Waals surface area contributed by atoms with E-state index in [9.17, 15) is 0 Å². The van der Waals surface area contributed by atoms with E-state index in [2.05, 4.69) is 33.3 Å². The van der Waals surface area contributed by atoms with Crippen molar-refractivity contribution in [3.05, 3.63) is 28.5 Å². The minimum absolute atomic E-state index is 0.775. The number of hydrogen-bond acceptors (Lipinski definition) is 4. The summed E-state index contributed by atoms with van der Waals surface area (Å²) in [6.07, 6.45) is 2.69. The van der Waals surface area contributed by atoms with Gasteiger partial charge >= 0.3 is 0 Å². The highest BCUT2D eigenvalue weighted by Crippen LogP contribution is 2.26. The Morgan fingerprint density at radius 3 is 3.13 bits per heavy atom. The first kappa shape index (κ1) is 9.51. The van der Waals surface area contributed by atoms with E-state index in [1.807, 2.05) is 0 Å². The summed E-state index contributed by atoms with van der Waals surface area (Å²) in [5.41, 5.74) is 1.13. The fraction of sp³-hybridized carbons (Fsp3) is 0.364. The lowest BCUT2D eigenvalue weighted by Crippen LogP contribution is -2.14. The van der Waals surface area contributed by atoms with Gasteiger partial charge in [-0.1, -0.05) is 6.07 Å². The van der Waals surface area contributed by atoms with Gasteiger partial charge in [0.15, 0.2) is 0 Å². The summed E-state index contributed by atoms with van der Waals surface area (Å²) in [5, 5.41) is 5.60. The summed E-state index contributed by atoms with van der Waals surface area (Å²) in [6.45, 7) is 0.980. The van der Waals surface area contributed by atoms with Crippen LogP contribution in [0.3, 0.4) is 0 Å². The topological polar surface area (TPSA) is 24.9 Å². The van der Waals surface area contributed by atoms with Crippen LogP contribution in [0.2, 0.25) is 0 Å². The molecule has 1 aliphatic rings. The zero-order valence-electron chi connectivity index (χ0n) is 8.27. The lowest BCUT2D eigenvalue weighted by molar-refractivity contribution is 0.695. The number of nitrogens with one attached hydrogen (secondary N) is 1. The summed E-state index contributed by atoms with van der Waals surface area (Å²) in [6, 6.07) is 7.17. The van der Waals surface area contributed by atoms with Crippen LogP contribution in [0.25, 0.3) is 10.6 Å². The number of thiophene rings is 1. The van der Waals surface area contributed by atoms with E-state index >= 15 is 0 Å². The smallest absolute Gasteiger partial charge is 0.0943 e. The maximum Gasteiger partial charge on any atom is 0.0943 e. The molecule has 1 aliphatic carbocycles. The molecule has 0 spiro atoms. The maximum atomic E-state index is 4.47. The number of nitrogens with zero attached hydrogens (tertiary/aromatic N) is 1. The van der Waals surface area contributed by atoms with Crippen LogP contribution in [-0.4, -0.2) is 10.4 Å². The highest BCUT2D eigenvalue weighted by atomic mass is 32.1. The molecule has 1 fully saturated rings. The lowest BCUT2D eigenvalue weighted by Gasteiger charge is -1.96. The zero-order chi connectivity index (χ0) is 10.1. The van der Waals surface area contributed by atoms with Crippen molar-refractivity contribution >= 4 is 22.9 Å². The van der Waals surface area contributed by atoms with E-state index in [0.717, 1.165) is 18.3 Å². The number of hydrogen-bond donors (Lipinski definition) is 1. The molecular formula is C11H12N2S2. The molecule has 2 nitrogen and oxygen atoms in total. The third-order valence-corrected chi connectivity index (χ3v) is 4.15. The SMILES string of the molecule is c1csc(-c2cc(CNC3CC3)sn2)c1. The largest absolute Gasteiger partial charge is 0.309 e. The zero-order valence-corrected chi connectivity index (χ0v) is 9.90. The Labute approximate surface area is 97.1 Å². The fourth-order valence-electron chi connectivity index (χ4n) is 1.47. The van der Waals surface area contributed by atoms with Crippen molar-refractivity contribution in [2.75, 3.05) is 0 Å². The third-order valence-electron chi connectivity index (χ3n) is 2.47. The van der Waals surface area contributed by atoms with Crippen LogP contribution in [0.5, 0.6) is 0 Å². The maximum absolute atomic E-state index is 4.47. The Balaban J connectivity index is 1.69. The number of aromatic nitrogens is 1. The summed E-state index contributed by atoms with van der Waals surface area (Å²) in [4.78, 5) is 2.61. The molecule has 4 heteroatoms. The van der Waals surface area contributed by atoms with Crippen molar-refractivity contribution in [1.29, 1.82) is 0 Å². The van der Waals surface area contributed by atoms with E-state index in [-0.39, 0.29) is 0 Å². The lowest BCUT2D eigenvalue weighted by atomic mass is 10.3. The second-order valence-electron chi connectivity index (χ2n) is 3.81. The van der Waals surface area contributed by atoms with Crippen molar-refractivity contribution in [3.8, 4) is 10.6 Å². The van der Waals surface area contributed by atoms with Gasteiger partial charge in [0.1, 0.15) is 0 Å². The molecule has 0 atom stereocenters. The third kappa shape index (κ3) is 2.27. The van der Waals surface area contributed by atoms with E-state index in [1.54, 1.807) is 22.9 Å². The molecule has 0 unspecified atom stereocenters. The molecule has 2 aromatic rings. The van der Waals surface area contributed by atoms with Gasteiger partial charge < -0.3 is 5.32 Å². The minimum Gasteiger partial charge on any atom is -0.309 e. The molecule has 0 saturated heterocycles. The van der Waals surface area contributed by atoms with Gasteiger partial charge in [0.2, 0.25) is 0 Å². The molecule has 0 aliphatic heterocycles. The van der Waals surface area contributed by atoms with Crippen LogP contribution in [0.1, 0.15) is 17.7 Å². The van der Waals surface area contributed by atoms with E-state index in [0.29, 0.717) is 0 Å². The second kappa shape index (κ2) is 4.04. The second-order valence-corrected chi connectivity index (χ2v) is 5.65. The van der Waals surface area contributed by atoms with Gasteiger partial charge in [-0.15, -0.1) is 11.3 Å². The molecule has 0 aromatic carbocycles. The van der Waals surface area contributed by atoms with Crippen LogP contribution in [0, 0.1) is 0 Å². The predicted octanol–water partition coefficient (Wildman–Crippen LogP) is 3.12. The summed E-state index contributed by atoms with van der Waals surface area (Å²) in [5.74, 6) is 0. The van der Waals surface area contributed by atoms with Crippen molar-refractivity contribution in [2.45, 2.75) is 25.4 Å². The molecule has 2 heterocycles. The van der Waals surface area contributed by atoms with Crippen molar-refractivity contribution < 1.29 is 0 Å². The van der Waals surface area contributed by atoms with Gasteiger partial charge in [-0.3, -0.25) is 0 Å². The molecular weight excluding hydrogens is 224 g/mol. The summed E-state index contributed by atoms with van der Waals surface area (Å²) in [7, 11) is 0. The monoisotopic (exact) mass is 236 g/mol. The number of rotatable bonds is 4. The van der Waals surface area contributed by atoms with Crippen molar-refractivity contribution in [3.63, 3.8) is 0 Å². The molecule has 0 bridgehead atoms.